The molecule has 0 spiro atoms. The van der Waals surface area contributed by atoms with E-state index in [4.69, 9.17) is 28.4 Å². The summed E-state index contributed by atoms with van der Waals surface area (Å²) in [5, 5.41) is 0. The molecule has 10 nitrogen and oxygen atoms in total. The molecule has 0 bridgehead atoms. The van der Waals surface area contributed by atoms with Crippen molar-refractivity contribution in [1.29, 1.82) is 0 Å². The van der Waals surface area contributed by atoms with Crippen LogP contribution in [0.2, 0.25) is 0 Å². The average molecular weight is 865 g/mol. The predicted molar refractivity (Wildman–Crippen MR) is 217 cm³/mol. The number of esters is 4. The highest BCUT2D eigenvalue weighted by Crippen LogP contribution is 2.56. The summed E-state index contributed by atoms with van der Waals surface area (Å²) in [6.07, 6.45) is -10.5. The summed E-state index contributed by atoms with van der Waals surface area (Å²) in [5.41, 5.74) is -4.82. The summed E-state index contributed by atoms with van der Waals surface area (Å²) in [5.74, 6) is -3.07. The van der Waals surface area contributed by atoms with Gasteiger partial charge in [0.25, 0.3) is 0 Å². The van der Waals surface area contributed by atoms with E-state index >= 15 is 0 Å². The van der Waals surface area contributed by atoms with Crippen molar-refractivity contribution in [3.8, 4) is 23.0 Å². The summed E-state index contributed by atoms with van der Waals surface area (Å²) in [6, 6.07) is 14.7. The number of hydrogen-bond acceptors (Lipinski definition) is 10. The van der Waals surface area contributed by atoms with Crippen LogP contribution in [0.25, 0.3) is 0 Å². The van der Waals surface area contributed by atoms with E-state index in [1.807, 2.05) is 0 Å². The predicted octanol–water partition coefficient (Wildman–Crippen LogP) is 10.7. The molecule has 4 aromatic carbocycles. The van der Waals surface area contributed by atoms with Crippen molar-refractivity contribution in [3.63, 3.8) is 0 Å². The second kappa shape index (κ2) is 23.3. The van der Waals surface area contributed by atoms with E-state index in [1.54, 1.807) is 26.0 Å². The first-order valence-electron chi connectivity index (χ1n) is 16.7. The number of hydrogen-bond donors (Lipinski definition) is 0. The molecule has 61 heavy (non-hydrogen) atoms. The SMILES string of the molecule is C.C.C.C.C=CC(=O)OCOc1ccc(CC(=O)Oc2ccc(C(c3ccc(OC(=O)Cc4ccc(OCOC(=O)C=C)cc4C)cc3)(C(F)(F)F)C(F)(F)F)cc2)c(C)c1. The molecule has 0 saturated heterocycles. The molecule has 0 fully saturated rings. The van der Waals surface area contributed by atoms with Crippen molar-refractivity contribution in [3.05, 3.63) is 144 Å². The number of carbonyl (C=O) groups excluding carboxylic acids is 4. The molecule has 4 aromatic rings. The molecule has 0 N–H and O–H groups in total. The van der Waals surface area contributed by atoms with Crippen molar-refractivity contribution >= 4 is 23.9 Å². The van der Waals surface area contributed by atoms with Gasteiger partial charge in [-0.15, -0.1) is 0 Å². The third-order valence-corrected chi connectivity index (χ3v) is 8.37. The second-order valence-corrected chi connectivity index (χ2v) is 12.1. The summed E-state index contributed by atoms with van der Waals surface area (Å²) in [7, 11) is 0. The molecular formula is C45H50F6O10. The highest BCUT2D eigenvalue weighted by molar-refractivity contribution is 5.81. The van der Waals surface area contributed by atoms with E-state index in [0.717, 1.165) is 36.4 Å². The van der Waals surface area contributed by atoms with Crippen LogP contribution in [0.1, 0.15) is 63.1 Å². The Morgan fingerprint density at radius 2 is 0.836 bits per heavy atom. The Labute approximate surface area is 351 Å². The standard InChI is InChI=1S/C41H34F6O10.4CH4/c1-5-35(48)54-23-52-33-13-7-27(25(3)19-33)21-37(50)56-31-15-9-29(10-16-31)39(40(42,43)44,41(45,46)47)30-11-17-32(18-12-30)57-38(51)22-28-8-14-34(20-26(28)4)53-24-55-36(49)6-2;;;;/h5-20H,1-2,21-24H2,3-4H3;4*1H4. The molecule has 0 aliphatic heterocycles. The highest BCUT2D eigenvalue weighted by atomic mass is 19.4. The van der Waals surface area contributed by atoms with Crippen molar-refractivity contribution in [2.75, 3.05) is 13.6 Å². The van der Waals surface area contributed by atoms with Crippen LogP contribution in [0.15, 0.2) is 110 Å². The van der Waals surface area contributed by atoms with Crippen LogP contribution in [0, 0.1) is 13.8 Å². The van der Waals surface area contributed by atoms with Crippen LogP contribution < -0.4 is 18.9 Å². The highest BCUT2D eigenvalue weighted by Gasteiger charge is 2.72. The summed E-state index contributed by atoms with van der Waals surface area (Å²) in [6.45, 7) is 9.05. The van der Waals surface area contributed by atoms with Crippen molar-refractivity contribution in [2.45, 2.75) is 74.2 Å². The molecular weight excluding hydrogens is 814 g/mol. The number of alkyl halides is 6. The van der Waals surface area contributed by atoms with E-state index in [0.29, 0.717) is 58.0 Å². The van der Waals surface area contributed by atoms with Gasteiger partial charge in [0.05, 0.1) is 12.8 Å². The number of aryl methyl sites for hydroxylation is 2. The fourth-order valence-corrected chi connectivity index (χ4v) is 5.52. The van der Waals surface area contributed by atoms with Crippen LogP contribution in [-0.2, 0) is 46.9 Å². The lowest BCUT2D eigenvalue weighted by Gasteiger charge is -2.38. The van der Waals surface area contributed by atoms with Gasteiger partial charge in [-0.1, -0.05) is 79.3 Å². The maximum absolute atomic E-state index is 14.8. The van der Waals surface area contributed by atoms with E-state index in [-0.39, 0.29) is 67.6 Å². The third-order valence-electron chi connectivity index (χ3n) is 8.37. The third kappa shape index (κ3) is 13.7. The summed E-state index contributed by atoms with van der Waals surface area (Å²) < 4.78 is 119. The van der Waals surface area contributed by atoms with Crippen LogP contribution in [-0.4, -0.2) is 49.8 Å². The van der Waals surface area contributed by atoms with Crippen LogP contribution >= 0.6 is 0 Å². The molecule has 332 valence electrons. The fraction of sp³-hybridized carbons (Fsp3) is 0.289. The second-order valence-electron chi connectivity index (χ2n) is 12.1. The molecule has 0 radical (unpaired) electrons. The first-order chi connectivity index (χ1) is 26.9. The lowest BCUT2D eigenvalue weighted by Crippen LogP contribution is -2.54. The number of benzene rings is 4. The molecule has 0 unspecified atom stereocenters. The first kappa shape index (κ1) is 54.4. The zero-order valence-corrected chi connectivity index (χ0v) is 30.3. The maximum atomic E-state index is 14.8. The minimum absolute atomic E-state index is 0. The Hall–Kier alpha value is -6.58. The van der Waals surface area contributed by atoms with Crippen LogP contribution in [0.5, 0.6) is 23.0 Å². The summed E-state index contributed by atoms with van der Waals surface area (Å²) >= 11 is 0. The van der Waals surface area contributed by atoms with Gasteiger partial charge in [0.15, 0.2) is 0 Å². The van der Waals surface area contributed by atoms with Crippen molar-refractivity contribution in [2.24, 2.45) is 0 Å². The van der Waals surface area contributed by atoms with Gasteiger partial charge in [-0.05, 0) is 95.8 Å². The van der Waals surface area contributed by atoms with E-state index < -0.39 is 52.8 Å². The quantitative estimate of drug-likeness (QED) is 0.0353. The Morgan fingerprint density at radius 3 is 1.11 bits per heavy atom. The first-order valence-corrected chi connectivity index (χ1v) is 16.7. The van der Waals surface area contributed by atoms with Crippen LogP contribution in [0.4, 0.5) is 26.3 Å². The van der Waals surface area contributed by atoms with Crippen LogP contribution in [0.3, 0.4) is 0 Å². The largest absolute Gasteiger partial charge is 0.457 e. The summed E-state index contributed by atoms with van der Waals surface area (Å²) in [4.78, 5) is 47.7. The number of ether oxygens (including phenoxy) is 6. The van der Waals surface area contributed by atoms with Gasteiger partial charge in [0, 0.05) is 12.2 Å². The van der Waals surface area contributed by atoms with Gasteiger partial charge < -0.3 is 28.4 Å². The lowest BCUT2D eigenvalue weighted by atomic mass is 9.73. The minimum atomic E-state index is -5.91. The maximum Gasteiger partial charge on any atom is 0.411 e. The van der Waals surface area contributed by atoms with Crippen molar-refractivity contribution < 1.29 is 73.9 Å². The number of carbonyl (C=O) groups is 4. The molecule has 0 amide bonds. The smallest absolute Gasteiger partial charge is 0.411 e. The number of rotatable bonds is 16. The van der Waals surface area contributed by atoms with Gasteiger partial charge in [-0.2, -0.15) is 26.3 Å². The van der Waals surface area contributed by atoms with E-state index in [9.17, 15) is 45.5 Å². The zero-order valence-electron chi connectivity index (χ0n) is 30.3. The van der Waals surface area contributed by atoms with Gasteiger partial charge in [-0.25, -0.2) is 9.59 Å². The molecule has 0 heterocycles. The fourth-order valence-electron chi connectivity index (χ4n) is 5.52. The normalized spacial score (nSPS) is 10.8. The monoisotopic (exact) mass is 864 g/mol. The molecule has 0 aromatic heterocycles. The lowest BCUT2D eigenvalue weighted by molar-refractivity contribution is -0.288. The molecule has 0 atom stereocenters. The van der Waals surface area contributed by atoms with E-state index in [2.05, 4.69) is 13.2 Å². The zero-order chi connectivity index (χ0) is 42.0. The Balaban J connectivity index is 0.00000900. The minimum Gasteiger partial charge on any atom is -0.457 e. The molecule has 4 rings (SSSR count). The van der Waals surface area contributed by atoms with E-state index in [1.165, 1.54) is 24.3 Å². The van der Waals surface area contributed by atoms with Gasteiger partial charge in [0.2, 0.25) is 19.0 Å². The van der Waals surface area contributed by atoms with Gasteiger partial charge in [-0.3, -0.25) is 9.59 Å². The molecule has 0 saturated carbocycles. The Morgan fingerprint density at radius 1 is 0.525 bits per heavy atom. The Kier molecular flexibility index (Phi) is 20.8. The van der Waals surface area contributed by atoms with Gasteiger partial charge in [0.1, 0.15) is 23.0 Å². The molecule has 16 heteroatoms. The molecule has 0 aliphatic rings. The van der Waals surface area contributed by atoms with Crippen molar-refractivity contribution in [1.82, 2.24) is 0 Å². The number of halogens is 6. The van der Waals surface area contributed by atoms with Gasteiger partial charge >= 0.3 is 36.2 Å². The molecule has 0 aliphatic carbocycles. The topological polar surface area (TPSA) is 124 Å². The average Bonchev–Trinajstić information content (AvgIpc) is 3.14. The Bertz CT molecular complexity index is 1960.